The Bertz CT molecular complexity index is 882. The van der Waals surface area contributed by atoms with Crippen LogP contribution in [0.15, 0.2) is 42.5 Å². The van der Waals surface area contributed by atoms with Gasteiger partial charge in [-0.2, -0.15) is 0 Å². The molecule has 0 atom stereocenters. The normalized spacial score (nSPS) is 20.9. The van der Waals surface area contributed by atoms with Gasteiger partial charge in [0.1, 0.15) is 0 Å². The summed E-state index contributed by atoms with van der Waals surface area (Å²) < 4.78 is 10.9. The number of piperidine rings is 1. The van der Waals surface area contributed by atoms with Crippen molar-refractivity contribution in [3.63, 3.8) is 0 Å². The summed E-state index contributed by atoms with van der Waals surface area (Å²) in [6, 6.07) is 15.7. The number of likely N-dealkylation sites (tertiary alicyclic amines) is 1. The minimum absolute atomic E-state index is 0.0173. The molecule has 2 fully saturated rings. The van der Waals surface area contributed by atoms with Crippen molar-refractivity contribution in [1.82, 2.24) is 10.2 Å². The Morgan fingerprint density at radius 2 is 1.67 bits per heavy atom. The van der Waals surface area contributed by atoms with Crippen LogP contribution in [0.1, 0.15) is 44.1 Å². The minimum Gasteiger partial charge on any atom is -0.454 e. The number of amides is 1. The van der Waals surface area contributed by atoms with Gasteiger partial charge in [-0.05, 0) is 67.6 Å². The van der Waals surface area contributed by atoms with Crippen LogP contribution in [0.25, 0.3) is 11.1 Å². The quantitative estimate of drug-likeness (QED) is 0.734. The number of rotatable bonds is 6. The van der Waals surface area contributed by atoms with Gasteiger partial charge in [0.05, 0.1) is 0 Å². The van der Waals surface area contributed by atoms with Crippen LogP contribution in [0, 0.1) is 0 Å². The van der Waals surface area contributed by atoms with Crippen molar-refractivity contribution < 1.29 is 14.3 Å². The number of ether oxygens (including phenoxy) is 2. The summed E-state index contributed by atoms with van der Waals surface area (Å²) in [6.07, 6.45) is 8.47. The van der Waals surface area contributed by atoms with E-state index in [4.69, 9.17) is 9.47 Å². The fourth-order valence-corrected chi connectivity index (χ4v) is 5.48. The van der Waals surface area contributed by atoms with E-state index in [1.54, 1.807) is 0 Å². The lowest BCUT2D eigenvalue weighted by molar-refractivity contribution is -0.109. The Balaban J connectivity index is 1.35. The molecule has 2 aromatic carbocycles. The number of carbonyl (C=O) groups is 1. The van der Waals surface area contributed by atoms with Crippen LogP contribution < -0.4 is 14.8 Å². The molecule has 0 unspecified atom stereocenters. The highest BCUT2D eigenvalue weighted by molar-refractivity contribution is 5.68. The van der Waals surface area contributed by atoms with E-state index in [0.29, 0.717) is 13.3 Å². The van der Waals surface area contributed by atoms with Crippen LogP contribution in [0.4, 0.5) is 0 Å². The van der Waals surface area contributed by atoms with Crippen molar-refractivity contribution in [3.8, 4) is 22.6 Å². The van der Waals surface area contributed by atoms with Gasteiger partial charge in [0.2, 0.25) is 13.2 Å². The van der Waals surface area contributed by atoms with Gasteiger partial charge in [0.15, 0.2) is 11.5 Å². The second kappa shape index (κ2) is 8.31. The van der Waals surface area contributed by atoms with Crippen LogP contribution in [0.2, 0.25) is 0 Å². The van der Waals surface area contributed by atoms with Crippen molar-refractivity contribution in [2.24, 2.45) is 0 Å². The lowest BCUT2D eigenvalue weighted by Crippen LogP contribution is -2.50. The number of nitrogens with one attached hydrogen (secondary N) is 1. The van der Waals surface area contributed by atoms with E-state index in [-0.39, 0.29) is 5.41 Å². The number of benzene rings is 2. The average Bonchev–Trinajstić information content (AvgIpc) is 3.50. The third-order valence-corrected chi connectivity index (χ3v) is 7.32. The molecule has 2 aliphatic heterocycles. The van der Waals surface area contributed by atoms with Crippen LogP contribution in [-0.2, 0) is 10.2 Å². The molecule has 1 amide bonds. The molecule has 3 aliphatic rings. The maximum atomic E-state index is 11.1. The summed E-state index contributed by atoms with van der Waals surface area (Å²) >= 11 is 0. The fourth-order valence-electron chi connectivity index (χ4n) is 5.48. The average molecular weight is 407 g/mol. The maximum absolute atomic E-state index is 11.1. The number of fused-ring (bicyclic) bond motifs is 1. The number of hydrogen-bond acceptors (Lipinski definition) is 4. The van der Waals surface area contributed by atoms with E-state index in [1.807, 2.05) is 12.1 Å². The van der Waals surface area contributed by atoms with Gasteiger partial charge < -0.3 is 19.7 Å². The first-order valence-electron chi connectivity index (χ1n) is 11.2. The standard InChI is InChI=1S/C25H30N2O3/c28-17-26-16-25(11-13-27(14-12-25)22-3-1-2-4-22)21-8-5-19(6-9-21)20-7-10-23-24(15-20)30-18-29-23/h5-10,15,17,22H,1-4,11-14,16,18H2,(H,26,28). The summed E-state index contributed by atoms with van der Waals surface area (Å²) in [7, 11) is 0. The summed E-state index contributed by atoms with van der Waals surface area (Å²) in [5, 5.41) is 2.99. The molecule has 0 aromatic heterocycles. The van der Waals surface area contributed by atoms with Crippen molar-refractivity contribution in [2.45, 2.75) is 50.0 Å². The number of hydrogen-bond donors (Lipinski definition) is 1. The molecule has 2 aromatic rings. The zero-order valence-electron chi connectivity index (χ0n) is 17.4. The van der Waals surface area contributed by atoms with E-state index < -0.39 is 0 Å². The third-order valence-electron chi connectivity index (χ3n) is 7.32. The predicted octanol–water partition coefficient (Wildman–Crippen LogP) is 4.10. The van der Waals surface area contributed by atoms with Gasteiger partial charge in [0, 0.05) is 18.0 Å². The Labute approximate surface area is 178 Å². The molecule has 5 nitrogen and oxygen atoms in total. The van der Waals surface area contributed by atoms with Gasteiger partial charge in [0.25, 0.3) is 0 Å². The molecule has 1 saturated heterocycles. The van der Waals surface area contributed by atoms with Crippen LogP contribution in [-0.4, -0.2) is 43.8 Å². The zero-order valence-corrected chi connectivity index (χ0v) is 17.4. The Morgan fingerprint density at radius 1 is 0.967 bits per heavy atom. The Hall–Kier alpha value is -2.53. The van der Waals surface area contributed by atoms with Crippen molar-refractivity contribution in [3.05, 3.63) is 48.0 Å². The Morgan fingerprint density at radius 3 is 2.40 bits per heavy atom. The first-order chi connectivity index (χ1) is 14.8. The largest absolute Gasteiger partial charge is 0.454 e. The molecule has 30 heavy (non-hydrogen) atoms. The first kappa shape index (κ1) is 19.4. The van der Waals surface area contributed by atoms with Gasteiger partial charge >= 0.3 is 0 Å². The van der Waals surface area contributed by atoms with Crippen molar-refractivity contribution >= 4 is 6.41 Å². The molecule has 0 bridgehead atoms. The van der Waals surface area contributed by atoms with Crippen LogP contribution in [0.5, 0.6) is 11.5 Å². The molecule has 2 heterocycles. The SMILES string of the molecule is O=CNCC1(c2ccc(-c3ccc4c(c3)OCO4)cc2)CCN(C2CCCC2)CC1. The third kappa shape index (κ3) is 3.67. The van der Waals surface area contributed by atoms with E-state index >= 15 is 0 Å². The van der Waals surface area contributed by atoms with E-state index in [0.717, 1.165) is 55.4 Å². The highest BCUT2D eigenvalue weighted by Crippen LogP contribution is 2.39. The van der Waals surface area contributed by atoms with Crippen molar-refractivity contribution in [1.29, 1.82) is 0 Å². The minimum atomic E-state index is 0.0173. The number of nitrogens with zero attached hydrogens (tertiary/aromatic N) is 1. The van der Waals surface area contributed by atoms with Crippen LogP contribution in [0.3, 0.4) is 0 Å². The first-order valence-corrected chi connectivity index (χ1v) is 11.2. The summed E-state index contributed by atoms with van der Waals surface area (Å²) in [5.74, 6) is 1.62. The summed E-state index contributed by atoms with van der Waals surface area (Å²) in [5.41, 5.74) is 3.64. The lowest BCUT2D eigenvalue weighted by Gasteiger charge is -2.44. The molecule has 1 saturated carbocycles. The molecular weight excluding hydrogens is 376 g/mol. The van der Waals surface area contributed by atoms with E-state index in [9.17, 15) is 4.79 Å². The van der Waals surface area contributed by atoms with Gasteiger partial charge in [-0.15, -0.1) is 0 Å². The van der Waals surface area contributed by atoms with Gasteiger partial charge in [-0.25, -0.2) is 0 Å². The zero-order chi connectivity index (χ0) is 20.4. The smallest absolute Gasteiger partial charge is 0.231 e. The van der Waals surface area contributed by atoms with Gasteiger partial charge in [-0.3, -0.25) is 4.79 Å². The maximum Gasteiger partial charge on any atom is 0.231 e. The molecule has 0 radical (unpaired) electrons. The van der Waals surface area contributed by atoms with Crippen LogP contribution >= 0.6 is 0 Å². The molecule has 5 rings (SSSR count). The molecular formula is C25H30N2O3. The summed E-state index contributed by atoms with van der Waals surface area (Å²) in [6.45, 7) is 3.24. The second-order valence-electron chi connectivity index (χ2n) is 8.90. The van der Waals surface area contributed by atoms with Crippen molar-refractivity contribution in [2.75, 3.05) is 26.4 Å². The lowest BCUT2D eigenvalue weighted by atomic mass is 9.72. The van der Waals surface area contributed by atoms with E-state index in [2.05, 4.69) is 40.5 Å². The fraction of sp³-hybridized carbons (Fsp3) is 0.480. The second-order valence-corrected chi connectivity index (χ2v) is 8.90. The van der Waals surface area contributed by atoms with Gasteiger partial charge in [-0.1, -0.05) is 43.2 Å². The highest BCUT2D eigenvalue weighted by Gasteiger charge is 2.38. The molecule has 1 N–H and O–H groups in total. The number of carbonyl (C=O) groups excluding carboxylic acids is 1. The highest BCUT2D eigenvalue weighted by atomic mass is 16.7. The molecule has 1 aliphatic carbocycles. The Kier molecular flexibility index (Phi) is 5.38. The monoisotopic (exact) mass is 406 g/mol. The molecule has 0 spiro atoms. The summed E-state index contributed by atoms with van der Waals surface area (Å²) in [4.78, 5) is 13.8. The van der Waals surface area contributed by atoms with E-state index in [1.165, 1.54) is 36.8 Å². The topological polar surface area (TPSA) is 50.8 Å². The molecule has 5 heteroatoms. The molecule has 158 valence electrons. The predicted molar refractivity (Wildman–Crippen MR) is 117 cm³/mol.